The van der Waals surface area contributed by atoms with Crippen molar-refractivity contribution in [1.29, 1.82) is 0 Å². The second kappa shape index (κ2) is 15.3. The van der Waals surface area contributed by atoms with Crippen LogP contribution >= 0.6 is 0 Å². The second-order valence-corrected chi connectivity index (χ2v) is 8.26. The molecule has 8 nitrogen and oxygen atoms in total. The fourth-order valence-corrected chi connectivity index (χ4v) is 3.48. The Balaban J connectivity index is 0.000000267. The molecule has 8 heteroatoms. The van der Waals surface area contributed by atoms with Gasteiger partial charge in [-0.3, -0.25) is 0 Å². The lowest BCUT2D eigenvalue weighted by Gasteiger charge is -2.10. The lowest BCUT2D eigenvalue weighted by Crippen LogP contribution is -2.14. The molecule has 0 radical (unpaired) electrons. The van der Waals surface area contributed by atoms with Gasteiger partial charge in [0, 0.05) is 6.07 Å². The Hall–Kier alpha value is -5.11. The maximum absolute atomic E-state index is 12.4. The Morgan fingerprint density at radius 2 is 0.925 bits per heavy atom. The van der Waals surface area contributed by atoms with E-state index in [1.807, 2.05) is 60.7 Å². The smallest absolute Gasteiger partial charge is 0.339 e. The third-order valence-electron chi connectivity index (χ3n) is 5.56. The summed E-state index contributed by atoms with van der Waals surface area (Å²) in [5, 5.41) is 0. The number of methoxy groups -OCH3 is 3. The minimum atomic E-state index is -0.555. The molecule has 206 valence electrons. The Bertz CT molecular complexity index is 1300. The summed E-state index contributed by atoms with van der Waals surface area (Å²) in [6, 6.07) is 30.1. The van der Waals surface area contributed by atoms with Gasteiger partial charge in [-0.1, -0.05) is 72.8 Å². The average molecular weight is 543 g/mol. The number of ether oxygens (including phenoxy) is 5. The molecule has 0 heterocycles. The normalized spacial score (nSPS) is 9.88. The van der Waals surface area contributed by atoms with Crippen LogP contribution < -0.4 is 9.47 Å². The number of benzene rings is 4. The van der Waals surface area contributed by atoms with Gasteiger partial charge in [0.1, 0.15) is 24.7 Å². The number of esters is 3. The minimum Gasteiger partial charge on any atom is -0.497 e. The van der Waals surface area contributed by atoms with Crippen LogP contribution in [0.3, 0.4) is 0 Å². The first-order chi connectivity index (χ1) is 19.4. The van der Waals surface area contributed by atoms with Crippen molar-refractivity contribution in [2.24, 2.45) is 0 Å². The highest BCUT2D eigenvalue weighted by Gasteiger charge is 2.19. The van der Waals surface area contributed by atoms with E-state index in [0.29, 0.717) is 17.1 Å². The predicted octanol–water partition coefficient (Wildman–Crippen LogP) is 5.89. The van der Waals surface area contributed by atoms with E-state index in [9.17, 15) is 14.4 Å². The molecular weight excluding hydrogens is 512 g/mol. The van der Waals surface area contributed by atoms with E-state index in [1.165, 1.54) is 21.3 Å². The van der Waals surface area contributed by atoms with E-state index in [-0.39, 0.29) is 24.3 Å². The monoisotopic (exact) mass is 542 g/mol. The van der Waals surface area contributed by atoms with Crippen molar-refractivity contribution in [3.05, 3.63) is 131 Å². The minimum absolute atomic E-state index is 0.146. The third kappa shape index (κ3) is 8.73. The first-order valence-corrected chi connectivity index (χ1v) is 12.3. The van der Waals surface area contributed by atoms with Gasteiger partial charge in [-0.25, -0.2) is 14.4 Å². The van der Waals surface area contributed by atoms with Crippen LogP contribution in [0.1, 0.15) is 42.2 Å². The molecule has 0 unspecified atom stereocenters. The largest absolute Gasteiger partial charge is 0.497 e. The Morgan fingerprint density at radius 3 is 1.30 bits per heavy atom. The van der Waals surface area contributed by atoms with E-state index in [4.69, 9.17) is 18.9 Å². The summed E-state index contributed by atoms with van der Waals surface area (Å²) in [7, 11) is 4.37. The van der Waals surface area contributed by atoms with Crippen LogP contribution in [-0.4, -0.2) is 39.2 Å². The summed E-state index contributed by atoms with van der Waals surface area (Å²) in [4.78, 5) is 36.0. The summed E-state index contributed by atoms with van der Waals surface area (Å²) in [5.41, 5.74) is 2.56. The van der Waals surface area contributed by atoms with Gasteiger partial charge in [-0.05, 0) is 35.4 Å². The molecule has 4 aromatic carbocycles. The van der Waals surface area contributed by atoms with Crippen molar-refractivity contribution in [1.82, 2.24) is 0 Å². The van der Waals surface area contributed by atoms with Gasteiger partial charge >= 0.3 is 17.9 Å². The van der Waals surface area contributed by atoms with Gasteiger partial charge in [0.2, 0.25) is 0 Å². The topological polar surface area (TPSA) is 97.4 Å². The summed E-state index contributed by atoms with van der Waals surface area (Å²) in [6.07, 6.45) is 0. The predicted molar refractivity (Wildman–Crippen MR) is 148 cm³/mol. The zero-order valence-electron chi connectivity index (χ0n) is 22.5. The molecule has 0 saturated heterocycles. The molecule has 4 aromatic rings. The van der Waals surface area contributed by atoms with Gasteiger partial charge < -0.3 is 23.7 Å². The molecule has 0 aliphatic carbocycles. The first-order valence-electron chi connectivity index (χ1n) is 12.3. The maximum Gasteiger partial charge on any atom is 0.339 e. The molecule has 0 N–H and O–H groups in total. The summed E-state index contributed by atoms with van der Waals surface area (Å²) in [5.74, 6) is -0.404. The highest BCUT2D eigenvalue weighted by Crippen LogP contribution is 2.22. The molecule has 40 heavy (non-hydrogen) atoms. The summed E-state index contributed by atoms with van der Waals surface area (Å²) < 4.78 is 25.2. The summed E-state index contributed by atoms with van der Waals surface area (Å²) in [6.45, 7) is 0.292. The van der Waals surface area contributed by atoms with Crippen LogP contribution in [0.4, 0.5) is 0 Å². The van der Waals surface area contributed by atoms with Crippen LogP contribution in [0.15, 0.2) is 103 Å². The van der Waals surface area contributed by atoms with Crippen molar-refractivity contribution in [3.63, 3.8) is 0 Å². The van der Waals surface area contributed by atoms with E-state index in [0.717, 1.165) is 11.1 Å². The number of carbonyl (C=O) groups excluding carboxylic acids is 3. The molecule has 0 fully saturated rings. The van der Waals surface area contributed by atoms with Crippen LogP contribution in [0, 0.1) is 0 Å². The van der Waals surface area contributed by atoms with E-state index in [1.54, 1.807) is 42.5 Å². The zero-order valence-corrected chi connectivity index (χ0v) is 22.5. The molecule has 0 spiro atoms. The van der Waals surface area contributed by atoms with Gasteiger partial charge in [-0.2, -0.15) is 0 Å². The van der Waals surface area contributed by atoms with Crippen molar-refractivity contribution >= 4 is 17.9 Å². The van der Waals surface area contributed by atoms with Crippen molar-refractivity contribution in [2.45, 2.75) is 13.2 Å². The number of rotatable bonds is 9. The average Bonchev–Trinajstić information content (AvgIpc) is 3.03. The molecular formula is C32H30O8. The highest BCUT2D eigenvalue weighted by molar-refractivity contribution is 6.03. The lowest BCUT2D eigenvalue weighted by atomic mass is 10.1. The van der Waals surface area contributed by atoms with E-state index < -0.39 is 17.9 Å². The molecule has 0 bridgehead atoms. The molecule has 0 amide bonds. The summed E-state index contributed by atoms with van der Waals surface area (Å²) >= 11 is 0. The lowest BCUT2D eigenvalue weighted by molar-refractivity contribution is 0.0425. The van der Waals surface area contributed by atoms with E-state index in [2.05, 4.69) is 4.74 Å². The highest BCUT2D eigenvalue weighted by atomic mass is 16.5. The Labute approximate surface area is 233 Å². The number of hydrogen-bond acceptors (Lipinski definition) is 8. The molecule has 0 saturated carbocycles. The maximum atomic E-state index is 12.4. The van der Waals surface area contributed by atoms with Gasteiger partial charge in [0.15, 0.2) is 0 Å². The molecule has 0 atom stereocenters. The Morgan fingerprint density at radius 1 is 0.525 bits per heavy atom. The SMILES string of the molecule is COC(=O)c1cc(OC)cc(OC)c1.O=C(OCc1ccccc1)c1ccccc1C(=O)OCc1ccccc1. The Kier molecular flexibility index (Phi) is 11.3. The van der Waals surface area contributed by atoms with Gasteiger partial charge in [0.25, 0.3) is 0 Å². The van der Waals surface area contributed by atoms with E-state index >= 15 is 0 Å². The fourth-order valence-electron chi connectivity index (χ4n) is 3.48. The molecule has 0 aromatic heterocycles. The van der Waals surface area contributed by atoms with Crippen LogP contribution in [-0.2, 0) is 27.4 Å². The molecule has 0 aliphatic rings. The van der Waals surface area contributed by atoms with Crippen molar-refractivity contribution < 1.29 is 38.1 Å². The van der Waals surface area contributed by atoms with Crippen LogP contribution in [0.25, 0.3) is 0 Å². The molecule has 4 rings (SSSR count). The third-order valence-corrected chi connectivity index (χ3v) is 5.56. The van der Waals surface area contributed by atoms with Crippen LogP contribution in [0.2, 0.25) is 0 Å². The quantitative estimate of drug-likeness (QED) is 0.191. The second-order valence-electron chi connectivity index (χ2n) is 8.26. The van der Waals surface area contributed by atoms with Crippen molar-refractivity contribution in [2.75, 3.05) is 21.3 Å². The standard InChI is InChI=1S/C22H18O4.C10H12O4/c23-21(25-15-17-9-3-1-4-10-17)19-13-7-8-14-20(19)22(24)26-16-18-11-5-2-6-12-18;1-12-8-4-7(10(11)14-3)5-9(6-8)13-2/h1-14H,15-16H2;4-6H,1-3H3. The first kappa shape index (κ1) is 29.4. The fraction of sp³-hybridized carbons (Fsp3) is 0.156. The van der Waals surface area contributed by atoms with Gasteiger partial charge in [0.05, 0.1) is 38.0 Å². The van der Waals surface area contributed by atoms with Gasteiger partial charge in [-0.15, -0.1) is 0 Å². The van der Waals surface area contributed by atoms with Crippen LogP contribution in [0.5, 0.6) is 11.5 Å². The number of carbonyl (C=O) groups is 3. The zero-order chi connectivity index (χ0) is 28.7. The molecule has 0 aliphatic heterocycles. The van der Waals surface area contributed by atoms with Crippen molar-refractivity contribution in [3.8, 4) is 11.5 Å². The number of hydrogen-bond donors (Lipinski definition) is 0.